The highest BCUT2D eigenvalue weighted by molar-refractivity contribution is 5.79. The number of hydrogen-bond donors (Lipinski definition) is 2. The van der Waals surface area contributed by atoms with Crippen molar-refractivity contribution in [1.82, 2.24) is 20.4 Å². The Balaban J connectivity index is 1.68. The van der Waals surface area contributed by atoms with Crippen molar-refractivity contribution in [3.63, 3.8) is 0 Å². The van der Waals surface area contributed by atoms with E-state index in [1.165, 1.54) is 5.56 Å². The Morgan fingerprint density at radius 1 is 1.15 bits per heavy atom. The van der Waals surface area contributed by atoms with Gasteiger partial charge in [-0.25, -0.2) is 0 Å². The van der Waals surface area contributed by atoms with E-state index < -0.39 is 0 Å². The Morgan fingerprint density at radius 2 is 1.96 bits per heavy atom. The molecule has 1 aromatic heterocycles. The molecule has 0 saturated heterocycles. The summed E-state index contributed by atoms with van der Waals surface area (Å²) in [6.07, 6.45) is 3.80. The molecule has 2 rings (SSSR count). The van der Waals surface area contributed by atoms with Crippen LogP contribution in [0.25, 0.3) is 0 Å². The third-order valence-electron chi connectivity index (χ3n) is 4.10. The van der Waals surface area contributed by atoms with Gasteiger partial charge in [0.2, 0.25) is 0 Å². The Labute approximate surface area is 163 Å². The van der Waals surface area contributed by atoms with E-state index in [4.69, 9.17) is 9.73 Å². The van der Waals surface area contributed by atoms with Crippen LogP contribution in [0.5, 0.6) is 0 Å². The molecule has 1 heterocycles. The van der Waals surface area contributed by atoms with E-state index in [0.717, 1.165) is 38.7 Å². The van der Waals surface area contributed by atoms with Crippen LogP contribution in [0.15, 0.2) is 53.8 Å². The maximum Gasteiger partial charge on any atom is 0.191 e. The second-order valence-corrected chi connectivity index (χ2v) is 7.04. The minimum absolute atomic E-state index is 0.402. The zero-order valence-electron chi connectivity index (χ0n) is 16.8. The molecule has 2 aromatic rings. The fraction of sp³-hybridized carbons (Fsp3) is 0.524. The molecule has 1 aromatic carbocycles. The molecule has 0 fully saturated rings. The second kappa shape index (κ2) is 12.1. The van der Waals surface area contributed by atoms with Gasteiger partial charge in [0, 0.05) is 38.6 Å². The minimum Gasteiger partial charge on any atom is -0.376 e. The summed E-state index contributed by atoms with van der Waals surface area (Å²) in [5.74, 6) is 1.69. The van der Waals surface area contributed by atoms with Crippen molar-refractivity contribution in [2.24, 2.45) is 16.8 Å². The maximum atomic E-state index is 5.82. The van der Waals surface area contributed by atoms with E-state index in [-0.39, 0.29) is 0 Å². The van der Waals surface area contributed by atoms with Crippen molar-refractivity contribution in [3.8, 4) is 0 Å². The number of aliphatic imine (C=N–C) groups is 1. The molecule has 2 unspecified atom stereocenters. The lowest BCUT2D eigenvalue weighted by molar-refractivity contribution is 0.0931. The van der Waals surface area contributed by atoms with Crippen LogP contribution in [0.2, 0.25) is 0 Å². The Hall–Kier alpha value is -2.34. The SMILES string of the molecule is CCNC(=NCC(C)Cn1cccn1)NCC(C)COCc1ccccc1. The van der Waals surface area contributed by atoms with Gasteiger partial charge in [0.05, 0.1) is 13.2 Å². The van der Waals surface area contributed by atoms with Gasteiger partial charge in [0.1, 0.15) is 0 Å². The number of guanidine groups is 1. The monoisotopic (exact) mass is 371 g/mol. The van der Waals surface area contributed by atoms with Gasteiger partial charge in [-0.2, -0.15) is 5.10 Å². The number of benzene rings is 1. The van der Waals surface area contributed by atoms with Crippen LogP contribution in [0, 0.1) is 11.8 Å². The lowest BCUT2D eigenvalue weighted by Gasteiger charge is -2.17. The molecule has 2 atom stereocenters. The zero-order valence-corrected chi connectivity index (χ0v) is 16.8. The van der Waals surface area contributed by atoms with Crippen molar-refractivity contribution < 1.29 is 4.74 Å². The quantitative estimate of drug-likeness (QED) is 0.471. The molecule has 0 bridgehead atoms. The highest BCUT2D eigenvalue weighted by Gasteiger charge is 2.07. The van der Waals surface area contributed by atoms with Gasteiger partial charge in [0.25, 0.3) is 0 Å². The molecule has 0 spiro atoms. The highest BCUT2D eigenvalue weighted by Crippen LogP contribution is 2.03. The van der Waals surface area contributed by atoms with Crippen LogP contribution in [0.1, 0.15) is 26.3 Å². The summed E-state index contributed by atoms with van der Waals surface area (Å²) < 4.78 is 7.77. The van der Waals surface area contributed by atoms with E-state index in [9.17, 15) is 0 Å². The summed E-state index contributed by atoms with van der Waals surface area (Å²) in [7, 11) is 0. The van der Waals surface area contributed by atoms with Crippen molar-refractivity contribution in [2.75, 3.05) is 26.2 Å². The molecule has 148 valence electrons. The first-order valence-corrected chi connectivity index (χ1v) is 9.78. The van der Waals surface area contributed by atoms with Gasteiger partial charge in [-0.3, -0.25) is 9.67 Å². The topological polar surface area (TPSA) is 63.5 Å². The van der Waals surface area contributed by atoms with Crippen LogP contribution in [0.4, 0.5) is 0 Å². The normalized spacial score (nSPS) is 14.0. The fourth-order valence-corrected chi connectivity index (χ4v) is 2.66. The van der Waals surface area contributed by atoms with E-state index in [1.807, 2.05) is 41.3 Å². The van der Waals surface area contributed by atoms with Gasteiger partial charge in [-0.1, -0.05) is 44.2 Å². The molecular weight excluding hydrogens is 338 g/mol. The summed E-state index contributed by atoms with van der Waals surface area (Å²) >= 11 is 0. The third kappa shape index (κ3) is 8.73. The van der Waals surface area contributed by atoms with E-state index in [2.05, 4.69) is 48.6 Å². The summed E-state index contributed by atoms with van der Waals surface area (Å²) in [6.45, 7) is 11.1. The van der Waals surface area contributed by atoms with Gasteiger partial charge >= 0.3 is 0 Å². The molecule has 27 heavy (non-hydrogen) atoms. The first-order valence-electron chi connectivity index (χ1n) is 9.78. The molecule has 0 aliphatic rings. The number of aromatic nitrogens is 2. The largest absolute Gasteiger partial charge is 0.376 e. The Morgan fingerprint density at radius 3 is 2.67 bits per heavy atom. The number of nitrogens with zero attached hydrogens (tertiary/aromatic N) is 3. The smallest absolute Gasteiger partial charge is 0.191 e. The van der Waals surface area contributed by atoms with Crippen LogP contribution < -0.4 is 10.6 Å². The minimum atomic E-state index is 0.402. The average Bonchev–Trinajstić information content (AvgIpc) is 3.18. The summed E-state index contributed by atoms with van der Waals surface area (Å²) in [4.78, 5) is 4.71. The number of rotatable bonds is 11. The van der Waals surface area contributed by atoms with E-state index in [1.54, 1.807) is 0 Å². The predicted molar refractivity (Wildman–Crippen MR) is 111 cm³/mol. The van der Waals surface area contributed by atoms with Gasteiger partial charge in [0.15, 0.2) is 5.96 Å². The third-order valence-corrected chi connectivity index (χ3v) is 4.10. The fourth-order valence-electron chi connectivity index (χ4n) is 2.66. The second-order valence-electron chi connectivity index (χ2n) is 7.04. The molecule has 0 saturated carbocycles. The molecule has 6 heteroatoms. The van der Waals surface area contributed by atoms with Crippen molar-refractivity contribution >= 4 is 5.96 Å². The van der Waals surface area contributed by atoms with Crippen LogP contribution in [0.3, 0.4) is 0 Å². The summed E-state index contributed by atoms with van der Waals surface area (Å²) in [5.41, 5.74) is 1.21. The van der Waals surface area contributed by atoms with Crippen LogP contribution in [-0.4, -0.2) is 42.0 Å². The lowest BCUT2D eigenvalue weighted by atomic mass is 10.2. The van der Waals surface area contributed by atoms with Crippen LogP contribution >= 0.6 is 0 Å². The molecule has 0 radical (unpaired) electrons. The van der Waals surface area contributed by atoms with Crippen molar-refractivity contribution in [2.45, 2.75) is 33.9 Å². The number of nitrogens with one attached hydrogen (secondary N) is 2. The van der Waals surface area contributed by atoms with E-state index in [0.29, 0.717) is 18.4 Å². The molecule has 0 aliphatic carbocycles. The predicted octanol–water partition coefficient (Wildman–Crippen LogP) is 2.93. The molecule has 0 amide bonds. The first kappa shape index (κ1) is 21.0. The summed E-state index contributed by atoms with van der Waals surface area (Å²) in [5, 5.41) is 11.0. The molecule has 6 nitrogen and oxygen atoms in total. The zero-order chi connectivity index (χ0) is 19.3. The Kier molecular flexibility index (Phi) is 9.41. The number of ether oxygens (including phenoxy) is 1. The molecule has 2 N–H and O–H groups in total. The van der Waals surface area contributed by atoms with Crippen molar-refractivity contribution in [1.29, 1.82) is 0 Å². The summed E-state index contributed by atoms with van der Waals surface area (Å²) in [6, 6.07) is 12.2. The van der Waals surface area contributed by atoms with Gasteiger partial charge < -0.3 is 15.4 Å². The van der Waals surface area contributed by atoms with Gasteiger partial charge in [-0.15, -0.1) is 0 Å². The van der Waals surface area contributed by atoms with E-state index >= 15 is 0 Å². The molecular formula is C21H33N5O. The van der Waals surface area contributed by atoms with Crippen LogP contribution in [-0.2, 0) is 17.9 Å². The molecule has 0 aliphatic heterocycles. The number of hydrogen-bond acceptors (Lipinski definition) is 3. The maximum absolute atomic E-state index is 5.82. The average molecular weight is 372 g/mol. The Bertz CT molecular complexity index is 642. The van der Waals surface area contributed by atoms with Crippen molar-refractivity contribution in [3.05, 3.63) is 54.4 Å². The highest BCUT2D eigenvalue weighted by atomic mass is 16.5. The first-order chi connectivity index (χ1) is 13.2. The lowest BCUT2D eigenvalue weighted by Crippen LogP contribution is -2.40. The standard InChI is InChI=1S/C21H33N5O/c1-4-22-21(23-13-18(2)15-26-12-8-11-25-26)24-14-19(3)16-27-17-20-9-6-5-7-10-20/h5-12,18-19H,4,13-17H2,1-3H3,(H2,22,23,24). The van der Waals surface area contributed by atoms with Gasteiger partial charge in [-0.05, 0) is 30.4 Å².